The van der Waals surface area contributed by atoms with E-state index in [1.165, 1.54) is 4.90 Å². The molecule has 2 heteroatoms. The number of hydrogen-bond donors (Lipinski definition) is 0. The van der Waals surface area contributed by atoms with Crippen LogP contribution in [0.2, 0.25) is 0 Å². The van der Waals surface area contributed by atoms with Gasteiger partial charge in [-0.3, -0.25) is 0 Å². The highest BCUT2D eigenvalue weighted by atomic mass is 32.2. The van der Waals surface area contributed by atoms with E-state index in [4.69, 9.17) is 4.74 Å². The van der Waals surface area contributed by atoms with E-state index in [-0.39, 0.29) is 0 Å². The molecule has 0 N–H and O–H groups in total. The van der Waals surface area contributed by atoms with Crippen LogP contribution in [0.3, 0.4) is 0 Å². The van der Waals surface area contributed by atoms with Crippen molar-refractivity contribution in [2.24, 2.45) is 0 Å². The van der Waals surface area contributed by atoms with E-state index in [0.29, 0.717) is 5.25 Å². The van der Waals surface area contributed by atoms with Gasteiger partial charge in [-0.1, -0.05) is 19.9 Å². The summed E-state index contributed by atoms with van der Waals surface area (Å²) in [4.78, 5) is 1.27. The molecule has 0 unspecified atom stereocenters. The Hall–Kier alpha value is -0.630. The zero-order valence-corrected chi connectivity index (χ0v) is 8.52. The normalized spacial score (nSPS) is 10.3. The second-order valence-corrected chi connectivity index (χ2v) is 4.50. The van der Waals surface area contributed by atoms with Crippen molar-refractivity contribution in [2.45, 2.75) is 24.0 Å². The summed E-state index contributed by atoms with van der Waals surface area (Å²) in [5.74, 6) is 0.931. The monoisotopic (exact) mass is 182 g/mol. The van der Waals surface area contributed by atoms with Gasteiger partial charge in [-0.25, -0.2) is 0 Å². The summed E-state index contributed by atoms with van der Waals surface area (Å²) in [7, 11) is 1.69. The lowest BCUT2D eigenvalue weighted by atomic mass is 10.3. The molecule has 0 amide bonds. The Morgan fingerprint density at radius 3 is 2.67 bits per heavy atom. The van der Waals surface area contributed by atoms with Gasteiger partial charge >= 0.3 is 0 Å². The summed E-state index contributed by atoms with van der Waals surface area (Å²) in [6.45, 7) is 4.37. The predicted molar refractivity (Wildman–Crippen MR) is 54.0 cm³/mol. The lowest BCUT2D eigenvalue weighted by Crippen LogP contribution is -1.87. The Morgan fingerprint density at radius 1 is 1.33 bits per heavy atom. The Bertz CT molecular complexity index is 245. The molecule has 12 heavy (non-hydrogen) atoms. The number of benzene rings is 1. The van der Waals surface area contributed by atoms with Gasteiger partial charge in [-0.15, -0.1) is 11.8 Å². The van der Waals surface area contributed by atoms with Crippen molar-refractivity contribution >= 4 is 11.8 Å². The molecular formula is C10H14OS. The molecule has 0 aromatic heterocycles. The number of ether oxygens (including phenoxy) is 1. The smallest absolute Gasteiger partial charge is 0.119 e. The SMILES string of the molecule is COc1cccc(SC(C)C)c1. The zero-order chi connectivity index (χ0) is 8.97. The Labute approximate surface area is 78.1 Å². The van der Waals surface area contributed by atoms with Crippen LogP contribution in [0.15, 0.2) is 29.2 Å². The number of hydrogen-bond acceptors (Lipinski definition) is 2. The summed E-state index contributed by atoms with van der Waals surface area (Å²) in [6.07, 6.45) is 0. The number of thioether (sulfide) groups is 1. The largest absolute Gasteiger partial charge is 0.497 e. The first-order chi connectivity index (χ1) is 5.72. The van der Waals surface area contributed by atoms with Crippen molar-refractivity contribution in [3.8, 4) is 5.75 Å². The average Bonchev–Trinajstić information content (AvgIpc) is 2.03. The van der Waals surface area contributed by atoms with Gasteiger partial charge in [0.2, 0.25) is 0 Å². The first-order valence-corrected chi connectivity index (χ1v) is 4.91. The molecule has 0 spiro atoms. The van der Waals surface area contributed by atoms with Crippen LogP contribution in [-0.2, 0) is 0 Å². The minimum Gasteiger partial charge on any atom is -0.497 e. The van der Waals surface area contributed by atoms with Crippen LogP contribution in [0.1, 0.15) is 13.8 Å². The molecule has 1 aromatic carbocycles. The van der Waals surface area contributed by atoms with Crippen LogP contribution in [0.5, 0.6) is 5.75 Å². The molecule has 1 rings (SSSR count). The summed E-state index contributed by atoms with van der Waals surface area (Å²) in [5.41, 5.74) is 0. The molecule has 0 aliphatic carbocycles. The quantitative estimate of drug-likeness (QED) is 0.664. The maximum atomic E-state index is 5.12. The average molecular weight is 182 g/mol. The number of methoxy groups -OCH3 is 1. The molecule has 0 radical (unpaired) electrons. The molecule has 0 fully saturated rings. The summed E-state index contributed by atoms with van der Waals surface area (Å²) < 4.78 is 5.12. The van der Waals surface area contributed by atoms with Crippen LogP contribution in [0, 0.1) is 0 Å². The maximum Gasteiger partial charge on any atom is 0.119 e. The van der Waals surface area contributed by atoms with Crippen molar-refractivity contribution in [2.75, 3.05) is 7.11 Å². The highest BCUT2D eigenvalue weighted by molar-refractivity contribution is 7.99. The van der Waals surface area contributed by atoms with Gasteiger partial charge in [-0.05, 0) is 18.2 Å². The van der Waals surface area contributed by atoms with Crippen molar-refractivity contribution in [1.82, 2.24) is 0 Å². The molecule has 0 saturated heterocycles. The fraction of sp³-hybridized carbons (Fsp3) is 0.400. The zero-order valence-electron chi connectivity index (χ0n) is 7.70. The fourth-order valence-electron chi connectivity index (χ4n) is 0.947. The second kappa shape index (κ2) is 4.41. The Balaban J connectivity index is 2.72. The third-order valence-electron chi connectivity index (χ3n) is 1.41. The van der Waals surface area contributed by atoms with Crippen LogP contribution in [0.4, 0.5) is 0 Å². The third-order valence-corrected chi connectivity index (χ3v) is 2.41. The second-order valence-electron chi connectivity index (χ2n) is 2.85. The maximum absolute atomic E-state index is 5.12. The Kier molecular flexibility index (Phi) is 3.48. The van der Waals surface area contributed by atoms with E-state index in [1.807, 2.05) is 23.9 Å². The van der Waals surface area contributed by atoms with Crippen LogP contribution < -0.4 is 4.74 Å². The van der Waals surface area contributed by atoms with Crippen molar-refractivity contribution in [3.05, 3.63) is 24.3 Å². The highest BCUT2D eigenvalue weighted by Crippen LogP contribution is 2.25. The molecule has 0 aliphatic rings. The van der Waals surface area contributed by atoms with E-state index in [0.717, 1.165) is 5.75 Å². The molecule has 1 aromatic rings. The first-order valence-electron chi connectivity index (χ1n) is 4.03. The summed E-state index contributed by atoms with van der Waals surface area (Å²) in [6, 6.07) is 8.14. The fourth-order valence-corrected chi connectivity index (χ4v) is 1.83. The van der Waals surface area contributed by atoms with Crippen molar-refractivity contribution < 1.29 is 4.74 Å². The molecule has 0 heterocycles. The lowest BCUT2D eigenvalue weighted by Gasteiger charge is -2.05. The van der Waals surface area contributed by atoms with E-state index in [9.17, 15) is 0 Å². The molecule has 0 bridgehead atoms. The summed E-state index contributed by atoms with van der Waals surface area (Å²) >= 11 is 1.85. The molecule has 0 atom stereocenters. The van der Waals surface area contributed by atoms with Gasteiger partial charge < -0.3 is 4.74 Å². The topological polar surface area (TPSA) is 9.23 Å². The lowest BCUT2D eigenvalue weighted by molar-refractivity contribution is 0.413. The highest BCUT2D eigenvalue weighted by Gasteiger charge is 1.98. The minimum atomic E-state index is 0.622. The first kappa shape index (κ1) is 9.46. The third kappa shape index (κ3) is 2.78. The van der Waals surface area contributed by atoms with Gasteiger partial charge in [0, 0.05) is 10.1 Å². The van der Waals surface area contributed by atoms with Crippen LogP contribution >= 0.6 is 11.8 Å². The predicted octanol–water partition coefficient (Wildman–Crippen LogP) is 3.20. The standard InChI is InChI=1S/C10H14OS/c1-8(2)12-10-6-4-5-9(7-10)11-3/h4-8H,1-3H3. The van der Waals surface area contributed by atoms with Gasteiger partial charge in [0.05, 0.1) is 7.11 Å². The van der Waals surface area contributed by atoms with E-state index < -0.39 is 0 Å². The van der Waals surface area contributed by atoms with E-state index >= 15 is 0 Å². The van der Waals surface area contributed by atoms with Crippen molar-refractivity contribution in [1.29, 1.82) is 0 Å². The van der Waals surface area contributed by atoms with Crippen LogP contribution in [-0.4, -0.2) is 12.4 Å². The van der Waals surface area contributed by atoms with E-state index in [2.05, 4.69) is 26.0 Å². The Morgan fingerprint density at radius 2 is 2.08 bits per heavy atom. The summed E-state index contributed by atoms with van der Waals surface area (Å²) in [5, 5.41) is 0.622. The van der Waals surface area contributed by atoms with Gasteiger partial charge in [-0.2, -0.15) is 0 Å². The number of rotatable bonds is 3. The van der Waals surface area contributed by atoms with Gasteiger partial charge in [0.25, 0.3) is 0 Å². The molecule has 66 valence electrons. The van der Waals surface area contributed by atoms with Gasteiger partial charge in [0.1, 0.15) is 5.75 Å². The minimum absolute atomic E-state index is 0.622. The van der Waals surface area contributed by atoms with Gasteiger partial charge in [0.15, 0.2) is 0 Å². The van der Waals surface area contributed by atoms with E-state index in [1.54, 1.807) is 7.11 Å². The van der Waals surface area contributed by atoms with Crippen molar-refractivity contribution in [3.63, 3.8) is 0 Å². The molecular weight excluding hydrogens is 168 g/mol. The molecule has 0 saturated carbocycles. The van der Waals surface area contributed by atoms with Crippen LogP contribution in [0.25, 0.3) is 0 Å². The molecule has 1 nitrogen and oxygen atoms in total. The molecule has 0 aliphatic heterocycles.